The van der Waals surface area contributed by atoms with Crippen molar-refractivity contribution in [2.75, 3.05) is 19.5 Å². The summed E-state index contributed by atoms with van der Waals surface area (Å²) in [7, 11) is 3.36. The Kier molecular flexibility index (Phi) is 4.22. The van der Waals surface area contributed by atoms with Gasteiger partial charge < -0.3 is 10.1 Å². The molecule has 0 saturated heterocycles. The molecule has 0 atom stereocenters. The van der Waals surface area contributed by atoms with Crippen molar-refractivity contribution in [1.29, 1.82) is 0 Å². The van der Waals surface area contributed by atoms with E-state index in [1.54, 1.807) is 26.4 Å². The Bertz CT molecular complexity index is 535. The molecule has 5 nitrogen and oxygen atoms in total. The van der Waals surface area contributed by atoms with E-state index in [0.29, 0.717) is 21.6 Å². The second-order valence-electron chi connectivity index (χ2n) is 3.23. The molecule has 94 valence electrons. The van der Waals surface area contributed by atoms with Crippen molar-refractivity contribution in [3.63, 3.8) is 0 Å². The minimum Gasteiger partial charge on any atom is -0.490 e. The molecule has 2 aromatic heterocycles. The van der Waals surface area contributed by atoms with Crippen LogP contribution in [0.2, 0.25) is 5.02 Å². The van der Waals surface area contributed by atoms with Crippen molar-refractivity contribution in [3.8, 4) is 5.75 Å². The fourth-order valence-electron chi connectivity index (χ4n) is 1.31. The molecular weight excluding hydrogens is 272 g/mol. The Hall–Kier alpha value is -1.53. The molecule has 0 radical (unpaired) electrons. The predicted octanol–water partition coefficient (Wildman–Crippen LogP) is 2.73. The van der Waals surface area contributed by atoms with Gasteiger partial charge >= 0.3 is 0 Å². The van der Waals surface area contributed by atoms with Gasteiger partial charge in [0.05, 0.1) is 12.1 Å². The Morgan fingerprint density at radius 3 is 2.72 bits per heavy atom. The molecule has 0 saturated carbocycles. The van der Waals surface area contributed by atoms with Gasteiger partial charge in [-0.15, -0.1) is 0 Å². The van der Waals surface area contributed by atoms with Gasteiger partial charge in [-0.25, -0.2) is 15.0 Å². The number of hydrogen-bond donors (Lipinski definition) is 1. The van der Waals surface area contributed by atoms with Gasteiger partial charge in [-0.2, -0.15) is 0 Å². The first-order chi connectivity index (χ1) is 8.74. The number of pyridine rings is 1. The summed E-state index contributed by atoms with van der Waals surface area (Å²) < 4.78 is 5.30. The third kappa shape index (κ3) is 2.83. The molecular formula is C11H11ClN4OS. The molecule has 18 heavy (non-hydrogen) atoms. The highest BCUT2D eigenvalue weighted by atomic mass is 35.5. The van der Waals surface area contributed by atoms with E-state index in [1.807, 2.05) is 6.07 Å². The molecule has 0 amide bonds. The molecule has 7 heteroatoms. The van der Waals surface area contributed by atoms with Gasteiger partial charge in [0, 0.05) is 13.2 Å². The molecule has 2 aromatic rings. The topological polar surface area (TPSA) is 59.9 Å². The lowest BCUT2D eigenvalue weighted by Crippen LogP contribution is -1.99. The van der Waals surface area contributed by atoms with Crippen molar-refractivity contribution < 1.29 is 4.74 Å². The normalized spacial score (nSPS) is 10.2. The fraction of sp³-hybridized carbons (Fsp3) is 0.182. The van der Waals surface area contributed by atoms with Gasteiger partial charge in [-0.05, 0) is 23.9 Å². The van der Waals surface area contributed by atoms with E-state index in [9.17, 15) is 0 Å². The van der Waals surface area contributed by atoms with Gasteiger partial charge in [0.15, 0.2) is 11.6 Å². The lowest BCUT2D eigenvalue weighted by atomic mass is 10.5. The zero-order chi connectivity index (χ0) is 13.0. The average Bonchev–Trinajstić information content (AvgIpc) is 2.41. The first-order valence-corrected chi connectivity index (χ1v) is 6.30. The largest absolute Gasteiger partial charge is 0.490 e. The van der Waals surface area contributed by atoms with Crippen molar-refractivity contribution >= 4 is 29.2 Å². The highest BCUT2D eigenvalue weighted by molar-refractivity contribution is 7.99. The maximum atomic E-state index is 5.79. The second kappa shape index (κ2) is 5.88. The lowest BCUT2D eigenvalue weighted by molar-refractivity contribution is 0.400. The van der Waals surface area contributed by atoms with E-state index in [0.717, 1.165) is 5.03 Å². The molecule has 0 bridgehead atoms. The summed E-state index contributed by atoms with van der Waals surface area (Å²) in [6.07, 6.45) is 3.07. The maximum absolute atomic E-state index is 5.79. The van der Waals surface area contributed by atoms with Crippen molar-refractivity contribution in [1.82, 2.24) is 15.0 Å². The first kappa shape index (κ1) is 12.9. The number of anilines is 1. The molecule has 0 aliphatic carbocycles. The van der Waals surface area contributed by atoms with E-state index in [-0.39, 0.29) is 0 Å². The van der Waals surface area contributed by atoms with Crippen LogP contribution in [-0.4, -0.2) is 29.1 Å². The number of hydrogen-bond acceptors (Lipinski definition) is 6. The van der Waals surface area contributed by atoms with Crippen LogP contribution in [0.5, 0.6) is 5.75 Å². The number of halogens is 1. The van der Waals surface area contributed by atoms with Gasteiger partial charge in [-0.1, -0.05) is 11.6 Å². The monoisotopic (exact) mass is 282 g/mol. The molecule has 0 spiro atoms. The van der Waals surface area contributed by atoms with E-state index >= 15 is 0 Å². The number of aromatic nitrogens is 3. The number of methoxy groups -OCH3 is 1. The molecule has 0 aromatic carbocycles. The first-order valence-electron chi connectivity index (χ1n) is 5.10. The van der Waals surface area contributed by atoms with Crippen LogP contribution in [0.3, 0.4) is 0 Å². The molecule has 0 fully saturated rings. The maximum Gasteiger partial charge on any atom is 0.194 e. The Morgan fingerprint density at radius 2 is 2.11 bits per heavy atom. The van der Waals surface area contributed by atoms with E-state index < -0.39 is 0 Å². The van der Waals surface area contributed by atoms with Gasteiger partial charge in [0.1, 0.15) is 16.4 Å². The second-order valence-corrected chi connectivity index (χ2v) is 4.67. The lowest BCUT2D eigenvalue weighted by Gasteiger charge is -2.10. The average molecular weight is 283 g/mol. The van der Waals surface area contributed by atoms with E-state index in [2.05, 4.69) is 20.3 Å². The minimum atomic E-state index is 0.599. The van der Waals surface area contributed by atoms with Crippen LogP contribution >= 0.6 is 23.4 Å². The van der Waals surface area contributed by atoms with Crippen LogP contribution in [0.4, 0.5) is 5.82 Å². The fourth-order valence-corrected chi connectivity index (χ4v) is 2.24. The summed E-state index contributed by atoms with van der Waals surface area (Å²) >= 11 is 7.18. The minimum absolute atomic E-state index is 0.599. The quantitative estimate of drug-likeness (QED) is 0.870. The third-order valence-electron chi connectivity index (χ3n) is 2.11. The number of nitrogens with one attached hydrogen (secondary N) is 1. The summed E-state index contributed by atoms with van der Waals surface area (Å²) in [5.41, 5.74) is 0. The Labute approximate surface area is 114 Å². The van der Waals surface area contributed by atoms with Gasteiger partial charge in [0.2, 0.25) is 0 Å². The van der Waals surface area contributed by atoms with Crippen LogP contribution in [0.25, 0.3) is 0 Å². The third-order valence-corrected chi connectivity index (χ3v) is 3.27. The smallest absolute Gasteiger partial charge is 0.194 e. The highest BCUT2D eigenvalue weighted by Gasteiger charge is 2.12. The number of ether oxygens (including phenoxy) is 1. The van der Waals surface area contributed by atoms with Crippen molar-refractivity contribution in [2.24, 2.45) is 0 Å². The Morgan fingerprint density at radius 1 is 1.28 bits per heavy atom. The van der Waals surface area contributed by atoms with E-state index in [4.69, 9.17) is 16.3 Å². The van der Waals surface area contributed by atoms with E-state index in [1.165, 1.54) is 18.1 Å². The standard InChI is InChI=1S/C11H11ClN4OS/c1-13-10-9(17-2)11(16-6-15-10)18-8-4-3-7(12)5-14-8/h3-6H,1-2H3,(H,13,15,16). The summed E-state index contributed by atoms with van der Waals surface area (Å²) in [5, 5.41) is 5.04. The zero-order valence-corrected chi connectivity index (χ0v) is 11.4. The van der Waals surface area contributed by atoms with Gasteiger partial charge in [0.25, 0.3) is 0 Å². The van der Waals surface area contributed by atoms with Crippen LogP contribution in [-0.2, 0) is 0 Å². The van der Waals surface area contributed by atoms with Crippen LogP contribution in [0.1, 0.15) is 0 Å². The molecule has 2 heterocycles. The molecule has 2 rings (SSSR count). The van der Waals surface area contributed by atoms with Crippen molar-refractivity contribution in [2.45, 2.75) is 10.1 Å². The Balaban J connectivity index is 2.31. The summed E-state index contributed by atoms with van der Waals surface area (Å²) in [6, 6.07) is 3.61. The summed E-state index contributed by atoms with van der Waals surface area (Å²) in [6.45, 7) is 0. The SMILES string of the molecule is CNc1ncnc(Sc2ccc(Cl)cn2)c1OC. The molecule has 0 aliphatic heterocycles. The van der Waals surface area contributed by atoms with Crippen LogP contribution < -0.4 is 10.1 Å². The zero-order valence-electron chi connectivity index (χ0n) is 9.85. The molecule has 1 N–H and O–H groups in total. The number of nitrogens with zero attached hydrogens (tertiary/aromatic N) is 3. The summed E-state index contributed by atoms with van der Waals surface area (Å²) in [4.78, 5) is 12.5. The highest BCUT2D eigenvalue weighted by Crippen LogP contribution is 2.35. The van der Waals surface area contributed by atoms with Gasteiger partial charge in [-0.3, -0.25) is 0 Å². The van der Waals surface area contributed by atoms with Crippen molar-refractivity contribution in [3.05, 3.63) is 29.7 Å². The van der Waals surface area contributed by atoms with Crippen LogP contribution in [0, 0.1) is 0 Å². The molecule has 0 unspecified atom stereocenters. The molecule has 0 aliphatic rings. The number of rotatable bonds is 4. The predicted molar refractivity (Wildman–Crippen MR) is 71.5 cm³/mol. The summed E-state index contributed by atoms with van der Waals surface area (Å²) in [5.74, 6) is 1.24. The van der Waals surface area contributed by atoms with Crippen LogP contribution in [0.15, 0.2) is 34.7 Å².